The monoisotopic (exact) mass is 325 g/mol. The number of benzene rings is 1. The van der Waals surface area contributed by atoms with E-state index in [-0.39, 0.29) is 0 Å². The van der Waals surface area contributed by atoms with Crippen LogP contribution in [0.25, 0.3) is 0 Å². The van der Waals surface area contributed by atoms with Crippen molar-refractivity contribution in [3.05, 3.63) is 50.6 Å². The molecule has 0 fully saturated rings. The molecular weight excluding hydrogens is 310 g/mol. The Morgan fingerprint density at radius 2 is 2.22 bits per heavy atom. The van der Waals surface area contributed by atoms with Gasteiger partial charge in [-0.05, 0) is 46.2 Å². The van der Waals surface area contributed by atoms with Gasteiger partial charge in [0, 0.05) is 21.3 Å². The van der Waals surface area contributed by atoms with Gasteiger partial charge in [0.25, 0.3) is 0 Å². The van der Waals surface area contributed by atoms with Crippen molar-refractivity contribution in [1.29, 1.82) is 0 Å². The minimum absolute atomic E-state index is 0.626. The highest BCUT2D eigenvalue weighted by atomic mass is 79.9. The zero-order valence-electron chi connectivity index (χ0n) is 10.3. The average molecular weight is 326 g/mol. The predicted molar refractivity (Wildman–Crippen MR) is 80.2 cm³/mol. The lowest BCUT2D eigenvalue weighted by Crippen LogP contribution is -2.11. The average Bonchev–Trinajstić information content (AvgIpc) is 2.80. The summed E-state index contributed by atoms with van der Waals surface area (Å²) in [5.74, 6) is 0.926. The van der Waals surface area contributed by atoms with Crippen LogP contribution in [0.15, 0.2) is 40.2 Å². The minimum atomic E-state index is 0.626. The highest BCUT2D eigenvalue weighted by Gasteiger charge is 2.00. The van der Waals surface area contributed by atoms with Crippen LogP contribution in [0.4, 0.5) is 0 Å². The molecule has 0 spiro atoms. The van der Waals surface area contributed by atoms with Crippen LogP contribution in [0.3, 0.4) is 0 Å². The normalized spacial score (nSPS) is 10.6. The molecule has 0 amide bonds. The van der Waals surface area contributed by atoms with Gasteiger partial charge in [-0.3, -0.25) is 0 Å². The molecule has 2 nitrogen and oxygen atoms in total. The van der Waals surface area contributed by atoms with Gasteiger partial charge in [-0.1, -0.05) is 19.1 Å². The number of rotatable bonds is 6. The van der Waals surface area contributed by atoms with Crippen molar-refractivity contribution in [3.63, 3.8) is 0 Å². The highest BCUT2D eigenvalue weighted by Crippen LogP contribution is 2.22. The van der Waals surface area contributed by atoms with Crippen LogP contribution in [0.1, 0.15) is 17.4 Å². The van der Waals surface area contributed by atoms with Gasteiger partial charge in [0.15, 0.2) is 0 Å². The number of hydrogen-bond donors (Lipinski definition) is 1. The third-order valence-corrected chi connectivity index (χ3v) is 4.15. The van der Waals surface area contributed by atoms with Gasteiger partial charge < -0.3 is 10.1 Å². The first kappa shape index (κ1) is 13.6. The Balaban J connectivity index is 1.92. The molecule has 1 N–H and O–H groups in total. The number of thiophene rings is 1. The number of hydrogen-bond acceptors (Lipinski definition) is 3. The summed E-state index contributed by atoms with van der Waals surface area (Å²) in [5.41, 5.74) is 1.25. The highest BCUT2D eigenvalue weighted by molar-refractivity contribution is 9.10. The van der Waals surface area contributed by atoms with Gasteiger partial charge in [0.2, 0.25) is 0 Å². The van der Waals surface area contributed by atoms with Crippen molar-refractivity contribution >= 4 is 27.3 Å². The Bertz CT molecular complexity index is 498. The van der Waals surface area contributed by atoms with Crippen LogP contribution < -0.4 is 10.1 Å². The van der Waals surface area contributed by atoms with Crippen LogP contribution in [-0.2, 0) is 13.2 Å². The molecule has 2 aromatic rings. The van der Waals surface area contributed by atoms with Gasteiger partial charge in [0.05, 0.1) is 0 Å². The summed E-state index contributed by atoms with van der Waals surface area (Å²) in [6.45, 7) is 4.60. The van der Waals surface area contributed by atoms with Crippen LogP contribution in [0.5, 0.6) is 5.75 Å². The topological polar surface area (TPSA) is 21.3 Å². The second-order valence-corrected chi connectivity index (χ2v) is 5.86. The van der Waals surface area contributed by atoms with E-state index in [1.54, 1.807) is 11.3 Å². The van der Waals surface area contributed by atoms with Gasteiger partial charge in [-0.2, -0.15) is 0 Å². The second kappa shape index (κ2) is 6.92. The molecule has 0 radical (unpaired) electrons. The Kier molecular flexibility index (Phi) is 5.23. The smallest absolute Gasteiger partial charge is 0.122 e. The van der Waals surface area contributed by atoms with Crippen molar-refractivity contribution < 1.29 is 4.74 Å². The first-order chi connectivity index (χ1) is 8.78. The van der Waals surface area contributed by atoms with E-state index in [9.17, 15) is 0 Å². The van der Waals surface area contributed by atoms with Crippen LogP contribution in [0.2, 0.25) is 0 Å². The van der Waals surface area contributed by atoms with E-state index in [1.807, 2.05) is 12.1 Å². The van der Waals surface area contributed by atoms with E-state index in [0.29, 0.717) is 6.61 Å². The lowest BCUT2D eigenvalue weighted by molar-refractivity contribution is 0.309. The summed E-state index contributed by atoms with van der Waals surface area (Å²) in [6, 6.07) is 10.3. The maximum Gasteiger partial charge on any atom is 0.122 e. The SMILES string of the molecule is CCNCc1cccc(OCc2cc(Br)cs2)c1. The largest absolute Gasteiger partial charge is 0.488 e. The summed E-state index contributed by atoms with van der Waals surface area (Å²) in [4.78, 5) is 1.22. The standard InChI is InChI=1S/C14H16BrNOS/c1-2-16-8-11-4-3-5-13(6-11)17-9-14-7-12(15)10-18-14/h3-7,10,16H,2,8-9H2,1H3. The Labute approximate surface area is 120 Å². The van der Waals surface area contributed by atoms with Crippen molar-refractivity contribution in [2.75, 3.05) is 6.54 Å². The molecule has 0 saturated heterocycles. The fourth-order valence-corrected chi connectivity index (χ4v) is 2.96. The Morgan fingerprint density at radius 3 is 2.94 bits per heavy atom. The van der Waals surface area contributed by atoms with Gasteiger partial charge in [-0.15, -0.1) is 11.3 Å². The minimum Gasteiger partial charge on any atom is -0.488 e. The van der Waals surface area contributed by atoms with Crippen LogP contribution in [0, 0.1) is 0 Å². The molecule has 0 aliphatic rings. The fourth-order valence-electron chi connectivity index (χ4n) is 1.60. The maximum atomic E-state index is 5.79. The van der Waals surface area contributed by atoms with E-state index in [2.05, 4.69) is 51.7 Å². The summed E-state index contributed by atoms with van der Waals surface area (Å²) in [6.07, 6.45) is 0. The molecule has 1 aromatic heterocycles. The molecule has 1 heterocycles. The quantitative estimate of drug-likeness (QED) is 0.859. The molecule has 0 aliphatic heterocycles. The molecule has 96 valence electrons. The van der Waals surface area contributed by atoms with Crippen LogP contribution >= 0.6 is 27.3 Å². The molecule has 2 rings (SSSR count). The van der Waals surface area contributed by atoms with E-state index < -0.39 is 0 Å². The first-order valence-electron chi connectivity index (χ1n) is 5.93. The van der Waals surface area contributed by atoms with Gasteiger partial charge in [-0.25, -0.2) is 0 Å². The van der Waals surface area contributed by atoms with E-state index in [4.69, 9.17) is 4.74 Å². The number of halogens is 1. The first-order valence-corrected chi connectivity index (χ1v) is 7.60. The molecule has 0 unspecified atom stereocenters. The lowest BCUT2D eigenvalue weighted by Gasteiger charge is -2.07. The Hall–Kier alpha value is -0.840. The van der Waals surface area contributed by atoms with E-state index in [0.717, 1.165) is 23.3 Å². The molecule has 0 atom stereocenters. The van der Waals surface area contributed by atoms with Crippen molar-refractivity contribution in [3.8, 4) is 5.75 Å². The van der Waals surface area contributed by atoms with Crippen molar-refractivity contribution in [2.45, 2.75) is 20.1 Å². The molecular formula is C14H16BrNOS. The molecule has 0 saturated carbocycles. The number of ether oxygens (including phenoxy) is 1. The molecule has 4 heteroatoms. The molecule has 1 aromatic carbocycles. The summed E-state index contributed by atoms with van der Waals surface area (Å²) in [5, 5.41) is 5.38. The summed E-state index contributed by atoms with van der Waals surface area (Å²) < 4.78 is 6.91. The van der Waals surface area contributed by atoms with Gasteiger partial charge >= 0.3 is 0 Å². The maximum absolute atomic E-state index is 5.79. The van der Waals surface area contributed by atoms with Gasteiger partial charge in [0.1, 0.15) is 12.4 Å². The molecule has 0 bridgehead atoms. The Morgan fingerprint density at radius 1 is 1.33 bits per heavy atom. The number of nitrogens with one attached hydrogen (secondary N) is 1. The van der Waals surface area contributed by atoms with Crippen molar-refractivity contribution in [1.82, 2.24) is 5.32 Å². The van der Waals surface area contributed by atoms with Crippen LogP contribution in [-0.4, -0.2) is 6.54 Å². The van der Waals surface area contributed by atoms with E-state index in [1.165, 1.54) is 10.4 Å². The predicted octanol–water partition coefficient (Wildman–Crippen LogP) is 4.20. The zero-order valence-corrected chi connectivity index (χ0v) is 12.7. The van der Waals surface area contributed by atoms with Crippen molar-refractivity contribution in [2.24, 2.45) is 0 Å². The zero-order chi connectivity index (χ0) is 12.8. The third kappa shape index (κ3) is 4.12. The molecule has 18 heavy (non-hydrogen) atoms. The second-order valence-electron chi connectivity index (χ2n) is 3.95. The van der Waals surface area contributed by atoms with E-state index >= 15 is 0 Å². The lowest BCUT2D eigenvalue weighted by atomic mass is 10.2. The summed E-state index contributed by atoms with van der Waals surface area (Å²) >= 11 is 5.15. The fraction of sp³-hybridized carbons (Fsp3) is 0.286. The molecule has 0 aliphatic carbocycles. The summed E-state index contributed by atoms with van der Waals surface area (Å²) in [7, 11) is 0. The third-order valence-electron chi connectivity index (χ3n) is 2.48.